The van der Waals surface area contributed by atoms with Gasteiger partial charge in [-0.05, 0) is 43.6 Å². The van der Waals surface area contributed by atoms with E-state index in [2.05, 4.69) is 25.4 Å². The van der Waals surface area contributed by atoms with Crippen LogP contribution in [0.25, 0.3) is 0 Å². The van der Waals surface area contributed by atoms with Gasteiger partial charge in [-0.15, -0.1) is 16.4 Å². The van der Waals surface area contributed by atoms with Crippen LogP contribution in [-0.4, -0.2) is 58.1 Å². The van der Waals surface area contributed by atoms with Crippen LogP contribution in [-0.2, 0) is 4.79 Å². The molecule has 0 aromatic carbocycles. The lowest BCUT2D eigenvalue weighted by atomic mass is 9.97. The van der Waals surface area contributed by atoms with Crippen molar-refractivity contribution in [3.63, 3.8) is 0 Å². The molecule has 144 valence electrons. The fourth-order valence-corrected chi connectivity index (χ4v) is 4.39. The number of piperidine rings is 2. The first kappa shape index (κ1) is 18.0. The molecule has 0 aliphatic carbocycles. The maximum absolute atomic E-state index is 12.7. The molecule has 2 aromatic rings. The molecule has 27 heavy (non-hydrogen) atoms. The number of anilines is 2. The second kappa shape index (κ2) is 8.08. The number of aromatic amines is 1. The van der Waals surface area contributed by atoms with Gasteiger partial charge < -0.3 is 9.80 Å². The molecular formula is C18H24N6O2S. The van der Waals surface area contributed by atoms with Gasteiger partial charge in [-0.3, -0.25) is 14.9 Å². The summed E-state index contributed by atoms with van der Waals surface area (Å²) < 4.78 is 0. The second-order valence-electron chi connectivity index (χ2n) is 7.09. The van der Waals surface area contributed by atoms with Crippen molar-refractivity contribution in [1.29, 1.82) is 0 Å². The SMILES string of the molecule is O=C(Nc1nc(N2CCCCC2)n[nH]1)C1CCCN(C(=O)c2cccs2)C1. The summed E-state index contributed by atoms with van der Waals surface area (Å²) in [5, 5.41) is 11.8. The maximum Gasteiger partial charge on any atom is 0.263 e. The number of hydrogen-bond acceptors (Lipinski definition) is 6. The molecule has 9 heteroatoms. The van der Waals surface area contributed by atoms with Crippen LogP contribution in [0.15, 0.2) is 17.5 Å². The molecule has 4 heterocycles. The van der Waals surface area contributed by atoms with Gasteiger partial charge in [-0.25, -0.2) is 5.10 Å². The molecule has 4 rings (SSSR count). The number of carbonyl (C=O) groups is 2. The average Bonchev–Trinajstić information content (AvgIpc) is 3.40. The molecule has 2 fully saturated rings. The van der Waals surface area contributed by atoms with Crippen molar-refractivity contribution < 1.29 is 9.59 Å². The smallest absolute Gasteiger partial charge is 0.263 e. The summed E-state index contributed by atoms with van der Waals surface area (Å²) in [5.41, 5.74) is 0. The lowest BCUT2D eigenvalue weighted by Crippen LogP contribution is -2.43. The first-order valence-corrected chi connectivity index (χ1v) is 10.4. The number of nitrogens with zero attached hydrogens (tertiary/aromatic N) is 4. The number of likely N-dealkylation sites (tertiary alicyclic amines) is 1. The van der Waals surface area contributed by atoms with E-state index in [1.165, 1.54) is 17.8 Å². The Balaban J connectivity index is 1.35. The third-order valence-electron chi connectivity index (χ3n) is 5.17. The van der Waals surface area contributed by atoms with Crippen LogP contribution in [0.4, 0.5) is 11.9 Å². The van der Waals surface area contributed by atoms with Gasteiger partial charge in [0.05, 0.1) is 10.8 Å². The summed E-state index contributed by atoms with van der Waals surface area (Å²) in [6.45, 7) is 3.04. The van der Waals surface area contributed by atoms with Gasteiger partial charge in [-0.1, -0.05) is 6.07 Å². The van der Waals surface area contributed by atoms with E-state index >= 15 is 0 Å². The highest BCUT2D eigenvalue weighted by Gasteiger charge is 2.30. The van der Waals surface area contributed by atoms with Crippen molar-refractivity contribution in [3.8, 4) is 0 Å². The van der Waals surface area contributed by atoms with Crippen LogP contribution in [0, 0.1) is 5.92 Å². The molecule has 0 saturated carbocycles. The number of aromatic nitrogens is 3. The Bertz CT molecular complexity index is 784. The van der Waals surface area contributed by atoms with Gasteiger partial charge in [0.1, 0.15) is 0 Å². The van der Waals surface area contributed by atoms with E-state index < -0.39 is 0 Å². The predicted molar refractivity (Wildman–Crippen MR) is 104 cm³/mol. The standard InChI is InChI=1S/C18H24N6O2S/c25-15(19-17-20-18(22-21-17)23-8-2-1-3-9-23)13-6-4-10-24(12-13)16(26)14-7-5-11-27-14/h5,7,11,13H,1-4,6,8-10,12H2,(H2,19,20,21,22,25). The van der Waals surface area contributed by atoms with Gasteiger partial charge in [-0.2, -0.15) is 4.98 Å². The zero-order valence-corrected chi connectivity index (χ0v) is 16.0. The normalized spacial score (nSPS) is 20.5. The van der Waals surface area contributed by atoms with Crippen molar-refractivity contribution in [1.82, 2.24) is 20.1 Å². The summed E-state index contributed by atoms with van der Waals surface area (Å²) in [7, 11) is 0. The number of carbonyl (C=O) groups excluding carboxylic acids is 2. The topological polar surface area (TPSA) is 94.2 Å². The molecule has 2 aromatic heterocycles. The molecule has 0 spiro atoms. The van der Waals surface area contributed by atoms with E-state index in [9.17, 15) is 9.59 Å². The van der Waals surface area contributed by atoms with E-state index in [0.717, 1.165) is 43.6 Å². The summed E-state index contributed by atoms with van der Waals surface area (Å²) in [6.07, 6.45) is 5.13. The molecule has 8 nitrogen and oxygen atoms in total. The molecule has 1 unspecified atom stereocenters. The average molecular weight is 388 g/mol. The number of thiophene rings is 1. The Hall–Kier alpha value is -2.42. The van der Waals surface area contributed by atoms with Crippen LogP contribution < -0.4 is 10.2 Å². The number of H-pyrrole nitrogens is 1. The zero-order chi connectivity index (χ0) is 18.6. The lowest BCUT2D eigenvalue weighted by molar-refractivity contribution is -0.121. The Kier molecular flexibility index (Phi) is 5.38. The molecule has 2 aliphatic rings. The van der Waals surface area contributed by atoms with E-state index in [0.29, 0.717) is 25.0 Å². The second-order valence-corrected chi connectivity index (χ2v) is 8.04. The highest BCUT2D eigenvalue weighted by Crippen LogP contribution is 2.22. The largest absolute Gasteiger partial charge is 0.340 e. The molecule has 2 N–H and O–H groups in total. The highest BCUT2D eigenvalue weighted by molar-refractivity contribution is 7.12. The van der Waals surface area contributed by atoms with Crippen molar-refractivity contribution >= 4 is 35.0 Å². The van der Waals surface area contributed by atoms with Gasteiger partial charge in [0.2, 0.25) is 17.8 Å². The van der Waals surface area contributed by atoms with Crippen LogP contribution in [0.2, 0.25) is 0 Å². The third-order valence-corrected chi connectivity index (χ3v) is 6.02. The van der Waals surface area contributed by atoms with Gasteiger partial charge in [0, 0.05) is 26.2 Å². The molecular weight excluding hydrogens is 364 g/mol. The summed E-state index contributed by atoms with van der Waals surface area (Å²) >= 11 is 1.43. The first-order chi connectivity index (χ1) is 13.2. The van der Waals surface area contributed by atoms with E-state index in [-0.39, 0.29) is 17.7 Å². The fourth-order valence-electron chi connectivity index (χ4n) is 3.69. The van der Waals surface area contributed by atoms with Gasteiger partial charge in [0.25, 0.3) is 5.91 Å². The zero-order valence-electron chi connectivity index (χ0n) is 15.2. The fraction of sp³-hybridized carbons (Fsp3) is 0.556. The number of rotatable bonds is 4. The maximum atomic E-state index is 12.7. The van der Waals surface area contributed by atoms with Gasteiger partial charge >= 0.3 is 0 Å². The molecule has 2 saturated heterocycles. The minimum atomic E-state index is -0.230. The van der Waals surface area contributed by atoms with Crippen LogP contribution >= 0.6 is 11.3 Å². The Labute approximate surface area is 162 Å². The number of hydrogen-bond donors (Lipinski definition) is 2. The van der Waals surface area contributed by atoms with E-state index in [1.807, 2.05) is 17.5 Å². The van der Waals surface area contributed by atoms with Crippen molar-refractivity contribution in [3.05, 3.63) is 22.4 Å². The minimum Gasteiger partial charge on any atom is -0.340 e. The lowest BCUT2D eigenvalue weighted by Gasteiger charge is -2.31. The third kappa shape index (κ3) is 4.13. The molecule has 2 aliphatic heterocycles. The minimum absolute atomic E-state index is 0.00884. The molecule has 0 bridgehead atoms. The van der Waals surface area contributed by atoms with Crippen LogP contribution in [0.1, 0.15) is 41.8 Å². The quantitative estimate of drug-likeness (QED) is 0.838. The summed E-state index contributed by atoms with van der Waals surface area (Å²) in [4.78, 5) is 34.2. The van der Waals surface area contributed by atoms with Crippen LogP contribution in [0.5, 0.6) is 0 Å². The van der Waals surface area contributed by atoms with E-state index in [4.69, 9.17) is 0 Å². The van der Waals surface area contributed by atoms with Crippen molar-refractivity contribution in [2.75, 3.05) is 36.4 Å². The van der Waals surface area contributed by atoms with Gasteiger partial charge in [0.15, 0.2) is 0 Å². The predicted octanol–water partition coefficient (Wildman–Crippen LogP) is 2.35. The Morgan fingerprint density at radius 3 is 2.81 bits per heavy atom. The Morgan fingerprint density at radius 1 is 1.19 bits per heavy atom. The molecule has 1 atom stereocenters. The Morgan fingerprint density at radius 2 is 2.04 bits per heavy atom. The van der Waals surface area contributed by atoms with Crippen molar-refractivity contribution in [2.45, 2.75) is 32.1 Å². The highest BCUT2D eigenvalue weighted by atomic mass is 32.1. The van der Waals surface area contributed by atoms with E-state index in [1.54, 1.807) is 4.90 Å². The number of nitrogens with one attached hydrogen (secondary N) is 2. The summed E-state index contributed by atoms with van der Waals surface area (Å²) in [6, 6.07) is 3.70. The number of amides is 2. The molecule has 0 radical (unpaired) electrons. The van der Waals surface area contributed by atoms with Crippen LogP contribution in [0.3, 0.4) is 0 Å². The monoisotopic (exact) mass is 388 g/mol. The van der Waals surface area contributed by atoms with Crippen molar-refractivity contribution in [2.24, 2.45) is 5.92 Å². The first-order valence-electron chi connectivity index (χ1n) is 9.52. The molecule has 2 amide bonds. The summed E-state index contributed by atoms with van der Waals surface area (Å²) in [5.74, 6) is 0.686.